The van der Waals surface area contributed by atoms with E-state index < -0.39 is 0 Å². The molecular formula is C15H13ClN2. The minimum atomic E-state index is 0.514. The third-order valence-corrected chi connectivity index (χ3v) is 3.20. The van der Waals surface area contributed by atoms with Crippen LogP contribution in [0.3, 0.4) is 0 Å². The van der Waals surface area contributed by atoms with Crippen molar-refractivity contribution < 1.29 is 0 Å². The topological polar surface area (TPSA) is 28.7 Å². The molecule has 1 N–H and O–H groups in total. The number of nitrogens with zero attached hydrogens (tertiary/aromatic N) is 1. The lowest BCUT2D eigenvalue weighted by atomic mass is 10.1. The van der Waals surface area contributed by atoms with Crippen molar-refractivity contribution in [2.24, 2.45) is 0 Å². The van der Waals surface area contributed by atoms with E-state index in [1.165, 1.54) is 10.9 Å². The first-order chi connectivity index (χ1) is 8.78. The van der Waals surface area contributed by atoms with Gasteiger partial charge in [-0.25, -0.2) is 4.98 Å². The number of H-pyrrole nitrogens is 1. The van der Waals surface area contributed by atoms with Crippen molar-refractivity contribution in [3.8, 4) is 0 Å². The Kier molecular flexibility index (Phi) is 2.80. The number of hydrogen-bond donors (Lipinski definition) is 1. The Morgan fingerprint density at radius 2 is 2.11 bits per heavy atom. The first-order valence-corrected chi connectivity index (χ1v) is 6.40. The van der Waals surface area contributed by atoms with Crippen LogP contribution in [-0.2, 0) is 0 Å². The van der Waals surface area contributed by atoms with Gasteiger partial charge < -0.3 is 4.98 Å². The zero-order valence-corrected chi connectivity index (χ0v) is 10.8. The monoisotopic (exact) mass is 256 g/mol. The van der Waals surface area contributed by atoms with Gasteiger partial charge in [0.05, 0.1) is 0 Å². The molecule has 0 aliphatic carbocycles. The maximum Gasteiger partial charge on any atom is 0.140 e. The van der Waals surface area contributed by atoms with Crippen molar-refractivity contribution in [3.05, 3.63) is 47.1 Å². The van der Waals surface area contributed by atoms with E-state index in [-0.39, 0.29) is 0 Å². The Morgan fingerprint density at radius 3 is 2.94 bits per heavy atom. The van der Waals surface area contributed by atoms with Crippen molar-refractivity contribution in [2.45, 2.75) is 13.3 Å². The number of benzene rings is 1. The normalized spacial score (nSPS) is 11.9. The van der Waals surface area contributed by atoms with Crippen LogP contribution in [0.2, 0.25) is 5.15 Å². The van der Waals surface area contributed by atoms with Gasteiger partial charge in [-0.1, -0.05) is 36.7 Å². The number of aromatic nitrogens is 2. The number of pyridine rings is 1. The molecule has 2 nitrogen and oxygen atoms in total. The van der Waals surface area contributed by atoms with E-state index in [4.69, 9.17) is 11.6 Å². The molecule has 0 radical (unpaired) electrons. The number of hydrogen-bond acceptors (Lipinski definition) is 1. The van der Waals surface area contributed by atoms with Crippen LogP contribution in [0.4, 0.5) is 0 Å². The molecule has 18 heavy (non-hydrogen) atoms. The molecule has 0 fully saturated rings. The third-order valence-electron chi connectivity index (χ3n) is 2.99. The van der Waals surface area contributed by atoms with Crippen molar-refractivity contribution in [1.29, 1.82) is 0 Å². The van der Waals surface area contributed by atoms with Gasteiger partial charge in [-0.15, -0.1) is 0 Å². The van der Waals surface area contributed by atoms with E-state index in [0.29, 0.717) is 5.15 Å². The fourth-order valence-electron chi connectivity index (χ4n) is 2.13. The average molecular weight is 257 g/mol. The molecule has 2 heterocycles. The van der Waals surface area contributed by atoms with Crippen LogP contribution in [0.15, 0.2) is 36.4 Å². The van der Waals surface area contributed by atoms with Crippen molar-refractivity contribution in [2.75, 3.05) is 0 Å². The van der Waals surface area contributed by atoms with E-state index in [0.717, 1.165) is 23.0 Å². The Morgan fingerprint density at radius 1 is 1.22 bits per heavy atom. The highest BCUT2D eigenvalue weighted by atomic mass is 35.5. The molecule has 0 bridgehead atoms. The zero-order valence-electron chi connectivity index (χ0n) is 10.1. The Balaban J connectivity index is 2.25. The number of halogens is 1. The fraction of sp³-hybridized carbons (Fsp3) is 0.133. The highest BCUT2D eigenvalue weighted by Crippen LogP contribution is 2.26. The van der Waals surface area contributed by atoms with Crippen molar-refractivity contribution in [3.63, 3.8) is 0 Å². The smallest absolute Gasteiger partial charge is 0.140 e. The molecular weight excluding hydrogens is 244 g/mol. The van der Waals surface area contributed by atoms with Crippen LogP contribution >= 0.6 is 11.6 Å². The molecule has 0 saturated heterocycles. The first-order valence-electron chi connectivity index (χ1n) is 6.02. The summed E-state index contributed by atoms with van der Waals surface area (Å²) >= 11 is 5.90. The number of aromatic amines is 1. The Bertz CT molecular complexity index is 741. The van der Waals surface area contributed by atoms with E-state index in [1.54, 1.807) is 0 Å². The van der Waals surface area contributed by atoms with Gasteiger partial charge >= 0.3 is 0 Å². The van der Waals surface area contributed by atoms with Gasteiger partial charge in [-0.05, 0) is 36.2 Å². The van der Waals surface area contributed by atoms with Crippen LogP contribution < -0.4 is 0 Å². The lowest BCUT2D eigenvalue weighted by Crippen LogP contribution is -1.75. The standard InChI is InChI=1S/C15H13ClN2/c1-2-3-4-10-5-7-13-12(9-10)11-6-8-14(16)18-15(11)17-13/h3-9H,2H2,1H3,(H,17,18)/b4-3+. The molecule has 3 heteroatoms. The molecule has 0 unspecified atom stereocenters. The minimum Gasteiger partial charge on any atom is -0.339 e. The average Bonchev–Trinajstić information content (AvgIpc) is 2.72. The first kappa shape index (κ1) is 11.3. The largest absolute Gasteiger partial charge is 0.339 e. The molecule has 3 rings (SSSR count). The number of rotatable bonds is 2. The highest BCUT2D eigenvalue weighted by Gasteiger charge is 2.05. The van der Waals surface area contributed by atoms with E-state index in [9.17, 15) is 0 Å². The second-order valence-electron chi connectivity index (χ2n) is 4.27. The van der Waals surface area contributed by atoms with Crippen molar-refractivity contribution >= 4 is 39.6 Å². The Labute approximate surface area is 110 Å². The SMILES string of the molecule is CC/C=C/c1ccc2[nH]c3nc(Cl)ccc3c2c1. The molecule has 0 aliphatic rings. The van der Waals surface area contributed by atoms with Gasteiger partial charge in [0, 0.05) is 16.3 Å². The summed E-state index contributed by atoms with van der Waals surface area (Å²) in [4.78, 5) is 7.58. The molecule has 2 aromatic heterocycles. The maximum atomic E-state index is 5.90. The lowest BCUT2D eigenvalue weighted by Gasteiger charge is -1.95. The molecule has 1 aromatic carbocycles. The van der Waals surface area contributed by atoms with Crippen LogP contribution in [0.1, 0.15) is 18.9 Å². The maximum absolute atomic E-state index is 5.90. The number of nitrogens with one attached hydrogen (secondary N) is 1. The summed E-state index contributed by atoms with van der Waals surface area (Å²) in [5, 5.41) is 2.81. The number of fused-ring (bicyclic) bond motifs is 3. The lowest BCUT2D eigenvalue weighted by molar-refractivity contribution is 1.23. The van der Waals surface area contributed by atoms with E-state index in [2.05, 4.69) is 47.2 Å². The van der Waals surface area contributed by atoms with E-state index >= 15 is 0 Å². The van der Waals surface area contributed by atoms with E-state index in [1.807, 2.05) is 12.1 Å². The quantitative estimate of drug-likeness (QED) is 0.656. The van der Waals surface area contributed by atoms with Gasteiger partial charge in [0.2, 0.25) is 0 Å². The second kappa shape index (κ2) is 4.46. The molecule has 0 spiro atoms. The highest BCUT2D eigenvalue weighted by molar-refractivity contribution is 6.30. The summed E-state index contributed by atoms with van der Waals surface area (Å²) in [5.41, 5.74) is 3.14. The summed E-state index contributed by atoms with van der Waals surface area (Å²) in [5.74, 6) is 0. The zero-order chi connectivity index (χ0) is 12.5. The van der Waals surface area contributed by atoms with Crippen LogP contribution in [0.25, 0.3) is 28.0 Å². The number of allylic oxidation sites excluding steroid dienone is 1. The summed E-state index contributed by atoms with van der Waals surface area (Å²) in [7, 11) is 0. The molecule has 0 saturated carbocycles. The summed E-state index contributed by atoms with van der Waals surface area (Å²) in [6.07, 6.45) is 5.34. The third kappa shape index (κ3) is 1.89. The van der Waals surface area contributed by atoms with Gasteiger partial charge in [0.1, 0.15) is 10.8 Å². The Hall–Kier alpha value is -1.80. The van der Waals surface area contributed by atoms with Gasteiger partial charge in [-0.3, -0.25) is 0 Å². The fourth-order valence-corrected chi connectivity index (χ4v) is 2.27. The van der Waals surface area contributed by atoms with Crippen LogP contribution in [0, 0.1) is 0 Å². The van der Waals surface area contributed by atoms with Gasteiger partial charge in [0.25, 0.3) is 0 Å². The summed E-state index contributed by atoms with van der Waals surface area (Å²) in [6.45, 7) is 2.13. The minimum absolute atomic E-state index is 0.514. The van der Waals surface area contributed by atoms with Crippen LogP contribution in [-0.4, -0.2) is 9.97 Å². The predicted octanol–water partition coefficient (Wildman–Crippen LogP) is 4.79. The van der Waals surface area contributed by atoms with Gasteiger partial charge in [0.15, 0.2) is 0 Å². The molecule has 3 aromatic rings. The van der Waals surface area contributed by atoms with Gasteiger partial charge in [-0.2, -0.15) is 0 Å². The molecule has 90 valence electrons. The summed E-state index contributed by atoms with van der Waals surface area (Å²) in [6, 6.07) is 10.2. The molecule has 0 atom stereocenters. The summed E-state index contributed by atoms with van der Waals surface area (Å²) < 4.78 is 0. The van der Waals surface area contributed by atoms with Crippen LogP contribution in [0.5, 0.6) is 0 Å². The molecule has 0 amide bonds. The molecule has 0 aliphatic heterocycles. The van der Waals surface area contributed by atoms with Crippen molar-refractivity contribution in [1.82, 2.24) is 9.97 Å². The second-order valence-corrected chi connectivity index (χ2v) is 4.66. The predicted molar refractivity (Wildman–Crippen MR) is 77.9 cm³/mol.